The molecule has 0 aliphatic carbocycles. The number of hydrogen-bond acceptors (Lipinski definition) is 3. The Bertz CT molecular complexity index is 635. The number of carbonyl (C=O) groups is 1. The van der Waals surface area contributed by atoms with Crippen LogP contribution in [0.3, 0.4) is 0 Å². The molecule has 1 aromatic rings. The first kappa shape index (κ1) is 14.0. The van der Waals surface area contributed by atoms with E-state index in [-0.39, 0.29) is 12.5 Å². The van der Waals surface area contributed by atoms with Crippen LogP contribution in [0.1, 0.15) is 25.0 Å². The number of hydrogen-bond donors (Lipinski definition) is 1. The zero-order valence-electron chi connectivity index (χ0n) is 11.5. The van der Waals surface area contributed by atoms with Gasteiger partial charge in [-0.3, -0.25) is 4.79 Å². The molecule has 0 saturated carbocycles. The molecule has 19 heavy (non-hydrogen) atoms. The fourth-order valence-corrected chi connectivity index (χ4v) is 2.77. The van der Waals surface area contributed by atoms with Gasteiger partial charge in [0.15, 0.2) is 0 Å². The van der Waals surface area contributed by atoms with E-state index in [4.69, 9.17) is 0 Å². The largest absolute Gasteiger partial charge is 0.314 e. The molecule has 1 aliphatic heterocycles. The maximum atomic E-state index is 12.1. The number of nitrogens with zero attached hydrogens (tertiary/aromatic N) is 1. The van der Waals surface area contributed by atoms with E-state index < -0.39 is 15.4 Å². The van der Waals surface area contributed by atoms with Gasteiger partial charge in [-0.15, -0.1) is 0 Å². The number of carbonyl (C=O) groups excluding carboxylic acids is 1. The highest BCUT2D eigenvalue weighted by Crippen LogP contribution is 2.40. The monoisotopic (exact) mass is 282 g/mol. The quantitative estimate of drug-likeness (QED) is 0.899. The van der Waals surface area contributed by atoms with Crippen LogP contribution in [0.4, 0.5) is 5.69 Å². The number of nitrogens with one attached hydrogen (secondary N) is 1. The Hall–Kier alpha value is -1.40. The molecule has 0 aromatic heterocycles. The van der Waals surface area contributed by atoms with E-state index >= 15 is 0 Å². The van der Waals surface area contributed by atoms with Crippen LogP contribution in [-0.4, -0.2) is 27.6 Å². The molecule has 6 heteroatoms. The van der Waals surface area contributed by atoms with Crippen molar-refractivity contribution >= 4 is 21.6 Å². The summed E-state index contributed by atoms with van der Waals surface area (Å²) >= 11 is 0. The standard InChI is InChI=1S/C13H18N2O3S/c1-13(2)10-7-9(8-14-19(4,17)18)5-6-11(10)15(3)12(13)16/h5-7,14H,8H2,1-4H3. The number of likely N-dealkylation sites (N-methyl/N-ethyl adjacent to an activating group) is 1. The molecule has 2 rings (SSSR count). The predicted molar refractivity (Wildman–Crippen MR) is 74.6 cm³/mol. The van der Waals surface area contributed by atoms with E-state index in [0.717, 1.165) is 23.1 Å². The highest BCUT2D eigenvalue weighted by Gasteiger charge is 2.42. The summed E-state index contributed by atoms with van der Waals surface area (Å²) in [6.07, 6.45) is 1.13. The number of rotatable bonds is 3. The molecule has 1 aliphatic rings. The lowest BCUT2D eigenvalue weighted by molar-refractivity contribution is -0.121. The van der Waals surface area contributed by atoms with Gasteiger partial charge in [-0.05, 0) is 31.0 Å². The van der Waals surface area contributed by atoms with Crippen molar-refractivity contribution in [1.29, 1.82) is 0 Å². The van der Waals surface area contributed by atoms with Crippen LogP contribution in [0.5, 0.6) is 0 Å². The van der Waals surface area contributed by atoms with Gasteiger partial charge in [0.2, 0.25) is 15.9 Å². The normalized spacial score (nSPS) is 17.7. The topological polar surface area (TPSA) is 66.5 Å². The second kappa shape index (κ2) is 4.31. The average Bonchev–Trinajstić information content (AvgIpc) is 2.48. The summed E-state index contributed by atoms with van der Waals surface area (Å²) in [6.45, 7) is 4.00. The molecule has 1 amide bonds. The number of sulfonamides is 1. The molecule has 0 radical (unpaired) electrons. The van der Waals surface area contributed by atoms with Crippen LogP contribution in [0.2, 0.25) is 0 Å². The first-order valence-electron chi connectivity index (χ1n) is 5.99. The first-order chi connectivity index (χ1) is 8.63. The summed E-state index contributed by atoms with van der Waals surface area (Å²) in [5.74, 6) is 0.0516. The minimum Gasteiger partial charge on any atom is -0.314 e. The van der Waals surface area contributed by atoms with Gasteiger partial charge < -0.3 is 4.90 Å². The molecule has 0 spiro atoms. The van der Waals surface area contributed by atoms with Crippen molar-refractivity contribution in [1.82, 2.24) is 4.72 Å². The molecule has 0 saturated heterocycles. The van der Waals surface area contributed by atoms with E-state index in [1.54, 1.807) is 11.9 Å². The Balaban J connectivity index is 2.35. The molecule has 0 atom stereocenters. The van der Waals surface area contributed by atoms with Gasteiger partial charge in [0.1, 0.15) is 0 Å². The van der Waals surface area contributed by atoms with Gasteiger partial charge in [0.25, 0.3) is 0 Å². The van der Waals surface area contributed by atoms with Gasteiger partial charge in [-0.2, -0.15) is 0 Å². The Morgan fingerprint density at radius 3 is 2.53 bits per heavy atom. The van der Waals surface area contributed by atoms with Crippen LogP contribution in [0.25, 0.3) is 0 Å². The molecule has 1 aromatic carbocycles. The predicted octanol–water partition coefficient (Wildman–Crippen LogP) is 0.990. The number of fused-ring (bicyclic) bond motifs is 1. The number of amides is 1. The number of benzene rings is 1. The van der Waals surface area contributed by atoms with Gasteiger partial charge in [0, 0.05) is 19.3 Å². The average molecular weight is 282 g/mol. The maximum Gasteiger partial charge on any atom is 0.236 e. The summed E-state index contributed by atoms with van der Waals surface area (Å²) < 4.78 is 24.6. The highest BCUT2D eigenvalue weighted by molar-refractivity contribution is 7.88. The van der Waals surface area contributed by atoms with Crippen LogP contribution in [0, 0.1) is 0 Å². The van der Waals surface area contributed by atoms with Crippen LogP contribution in [-0.2, 0) is 26.8 Å². The second-order valence-corrected chi connectivity index (χ2v) is 7.27. The number of anilines is 1. The van der Waals surface area contributed by atoms with Gasteiger partial charge in [-0.1, -0.05) is 12.1 Å². The lowest BCUT2D eigenvalue weighted by Gasteiger charge is -2.16. The summed E-state index contributed by atoms with van der Waals surface area (Å²) in [5.41, 5.74) is 2.11. The van der Waals surface area contributed by atoms with Gasteiger partial charge >= 0.3 is 0 Å². The highest BCUT2D eigenvalue weighted by atomic mass is 32.2. The third-order valence-electron chi connectivity index (χ3n) is 3.47. The molecule has 104 valence electrons. The fraction of sp³-hybridized carbons (Fsp3) is 0.462. The summed E-state index contributed by atoms with van der Waals surface area (Å²) in [5, 5.41) is 0. The molecule has 1 heterocycles. The first-order valence-corrected chi connectivity index (χ1v) is 7.88. The minimum absolute atomic E-state index is 0.0516. The van der Waals surface area contributed by atoms with Crippen LogP contribution in [0.15, 0.2) is 18.2 Å². The Labute approximate surface area is 113 Å². The SMILES string of the molecule is CN1C(=O)C(C)(C)c2cc(CNS(C)(=O)=O)ccc21. The Morgan fingerprint density at radius 1 is 1.32 bits per heavy atom. The van der Waals surface area contributed by atoms with Crippen molar-refractivity contribution in [2.75, 3.05) is 18.2 Å². The molecule has 5 nitrogen and oxygen atoms in total. The Morgan fingerprint density at radius 2 is 1.95 bits per heavy atom. The third kappa shape index (κ3) is 2.50. The molecular weight excluding hydrogens is 264 g/mol. The molecule has 0 unspecified atom stereocenters. The van der Waals surface area contributed by atoms with E-state index in [0.29, 0.717) is 0 Å². The van der Waals surface area contributed by atoms with E-state index in [9.17, 15) is 13.2 Å². The van der Waals surface area contributed by atoms with Crippen LogP contribution < -0.4 is 9.62 Å². The summed E-state index contributed by atoms with van der Waals surface area (Å²) in [4.78, 5) is 13.8. The van der Waals surface area contributed by atoms with Crippen molar-refractivity contribution in [3.8, 4) is 0 Å². The zero-order chi connectivity index (χ0) is 14.4. The lowest BCUT2D eigenvalue weighted by atomic mass is 9.85. The zero-order valence-corrected chi connectivity index (χ0v) is 12.3. The third-order valence-corrected chi connectivity index (χ3v) is 4.14. The van der Waals surface area contributed by atoms with Crippen LogP contribution >= 0.6 is 0 Å². The fourth-order valence-electron chi connectivity index (χ4n) is 2.34. The molecule has 0 bridgehead atoms. The molecule has 1 N–H and O–H groups in total. The van der Waals surface area contributed by atoms with Gasteiger partial charge in [-0.25, -0.2) is 13.1 Å². The van der Waals surface area contributed by atoms with Crippen molar-refractivity contribution in [3.63, 3.8) is 0 Å². The maximum absolute atomic E-state index is 12.1. The van der Waals surface area contributed by atoms with Gasteiger partial charge in [0.05, 0.1) is 11.7 Å². The summed E-state index contributed by atoms with van der Waals surface area (Å²) in [6, 6.07) is 5.60. The van der Waals surface area contributed by atoms with Crippen molar-refractivity contribution in [2.24, 2.45) is 0 Å². The van der Waals surface area contributed by atoms with E-state index in [2.05, 4.69) is 4.72 Å². The van der Waals surface area contributed by atoms with E-state index in [1.165, 1.54) is 0 Å². The minimum atomic E-state index is -3.21. The molecular formula is C13H18N2O3S. The second-order valence-electron chi connectivity index (χ2n) is 5.43. The van der Waals surface area contributed by atoms with E-state index in [1.807, 2.05) is 32.0 Å². The Kier molecular flexibility index (Phi) is 3.18. The lowest BCUT2D eigenvalue weighted by Crippen LogP contribution is -2.33. The van der Waals surface area contributed by atoms with Crippen molar-refractivity contribution in [3.05, 3.63) is 29.3 Å². The van der Waals surface area contributed by atoms with Crippen molar-refractivity contribution in [2.45, 2.75) is 25.8 Å². The summed E-state index contributed by atoms with van der Waals surface area (Å²) in [7, 11) is -1.46. The smallest absolute Gasteiger partial charge is 0.236 e. The van der Waals surface area contributed by atoms with Crippen molar-refractivity contribution < 1.29 is 13.2 Å². The molecule has 0 fully saturated rings.